The highest BCUT2D eigenvalue weighted by molar-refractivity contribution is 5.91. The Morgan fingerprint density at radius 2 is 2.04 bits per heavy atom. The molecule has 4 aromatic rings. The van der Waals surface area contributed by atoms with Crippen molar-refractivity contribution in [3.63, 3.8) is 0 Å². The molecule has 0 saturated carbocycles. The van der Waals surface area contributed by atoms with Crippen LogP contribution in [0.15, 0.2) is 65.8 Å². The van der Waals surface area contributed by atoms with Crippen LogP contribution >= 0.6 is 0 Å². The van der Waals surface area contributed by atoms with Crippen LogP contribution < -0.4 is 10.9 Å². The smallest absolute Gasteiger partial charge is 0.267 e. The minimum Gasteiger partial charge on any atom is -0.324 e. The molecule has 4 rings (SSSR count). The molecule has 0 aliphatic heterocycles. The summed E-state index contributed by atoms with van der Waals surface area (Å²) in [5.74, 6) is -0.342. The maximum atomic E-state index is 12.2. The maximum Gasteiger partial charge on any atom is 0.267 e. The van der Waals surface area contributed by atoms with Crippen molar-refractivity contribution in [1.82, 2.24) is 29.6 Å². The van der Waals surface area contributed by atoms with Gasteiger partial charge in [-0.3, -0.25) is 9.59 Å². The predicted molar refractivity (Wildman–Crippen MR) is 93.3 cm³/mol. The van der Waals surface area contributed by atoms with E-state index < -0.39 is 0 Å². The summed E-state index contributed by atoms with van der Waals surface area (Å²) >= 11 is 0. The number of nitrogens with zero attached hydrogens (tertiary/aromatic N) is 6. The molecular weight excluding hydrogens is 334 g/mol. The highest BCUT2D eigenvalue weighted by Crippen LogP contribution is 2.21. The minimum absolute atomic E-state index is 0.158. The Labute approximate surface area is 146 Å². The zero-order chi connectivity index (χ0) is 17.9. The van der Waals surface area contributed by atoms with Crippen molar-refractivity contribution in [3.8, 4) is 11.3 Å². The van der Waals surface area contributed by atoms with Gasteiger partial charge in [-0.25, -0.2) is 4.68 Å². The van der Waals surface area contributed by atoms with Crippen LogP contribution in [-0.4, -0.2) is 35.5 Å². The monoisotopic (exact) mass is 347 g/mol. The second-order valence-corrected chi connectivity index (χ2v) is 5.50. The molecule has 3 heterocycles. The van der Waals surface area contributed by atoms with Crippen LogP contribution in [0.2, 0.25) is 0 Å². The van der Waals surface area contributed by atoms with Gasteiger partial charge in [0.1, 0.15) is 12.9 Å². The lowest BCUT2D eigenvalue weighted by Gasteiger charge is -2.08. The molecule has 0 bridgehead atoms. The van der Waals surface area contributed by atoms with E-state index >= 15 is 0 Å². The third-order valence-corrected chi connectivity index (χ3v) is 3.68. The molecule has 0 spiro atoms. The standard InChI is InChI=1S/C17H13N7O2/c25-16(10-23-17(26)5-2-8-19-23)20-13-4-1-3-12(9-13)14-6-7-15-21-18-11-24(15)22-14/h1-9,11H,10H2,(H,20,25). The number of carbonyl (C=O) groups excluding carboxylic acids is 1. The van der Waals surface area contributed by atoms with E-state index in [0.717, 1.165) is 10.2 Å². The summed E-state index contributed by atoms with van der Waals surface area (Å²) in [5, 5.41) is 18.8. The second kappa shape index (κ2) is 6.55. The van der Waals surface area contributed by atoms with Crippen molar-refractivity contribution >= 4 is 17.2 Å². The average Bonchev–Trinajstić information content (AvgIpc) is 3.11. The van der Waals surface area contributed by atoms with Gasteiger partial charge in [0.25, 0.3) is 5.56 Å². The van der Waals surface area contributed by atoms with Gasteiger partial charge in [0.05, 0.1) is 5.69 Å². The Morgan fingerprint density at radius 1 is 1.12 bits per heavy atom. The van der Waals surface area contributed by atoms with Gasteiger partial charge >= 0.3 is 0 Å². The highest BCUT2D eigenvalue weighted by atomic mass is 16.2. The molecule has 0 saturated heterocycles. The van der Waals surface area contributed by atoms with Crippen molar-refractivity contribution in [3.05, 3.63) is 71.4 Å². The largest absolute Gasteiger partial charge is 0.324 e. The molecule has 0 unspecified atom stereocenters. The van der Waals surface area contributed by atoms with E-state index in [1.54, 1.807) is 16.6 Å². The summed E-state index contributed by atoms with van der Waals surface area (Å²) in [6.07, 6.45) is 2.98. The van der Waals surface area contributed by atoms with Crippen LogP contribution in [0, 0.1) is 0 Å². The Morgan fingerprint density at radius 3 is 2.92 bits per heavy atom. The van der Waals surface area contributed by atoms with Crippen LogP contribution in [0.5, 0.6) is 0 Å². The summed E-state index contributed by atoms with van der Waals surface area (Å²) < 4.78 is 2.68. The van der Waals surface area contributed by atoms with Crippen LogP contribution in [0.1, 0.15) is 0 Å². The lowest BCUT2D eigenvalue weighted by atomic mass is 10.1. The van der Waals surface area contributed by atoms with Crippen molar-refractivity contribution in [1.29, 1.82) is 0 Å². The first-order valence-corrected chi connectivity index (χ1v) is 7.78. The van der Waals surface area contributed by atoms with E-state index in [9.17, 15) is 9.59 Å². The zero-order valence-corrected chi connectivity index (χ0v) is 13.5. The molecule has 128 valence electrons. The summed E-state index contributed by atoms with van der Waals surface area (Å²) in [4.78, 5) is 23.8. The first kappa shape index (κ1) is 15.6. The number of rotatable bonds is 4. The molecule has 9 nitrogen and oxygen atoms in total. The van der Waals surface area contributed by atoms with Gasteiger partial charge in [-0.15, -0.1) is 10.2 Å². The predicted octanol–water partition coefficient (Wildman–Crippen LogP) is 0.987. The Hall–Kier alpha value is -3.88. The molecule has 9 heteroatoms. The summed E-state index contributed by atoms with van der Waals surface area (Å²) in [6, 6.07) is 13.8. The molecule has 1 amide bonds. The Kier molecular flexibility index (Phi) is 3.94. The fourth-order valence-corrected chi connectivity index (χ4v) is 2.48. The lowest BCUT2D eigenvalue weighted by molar-refractivity contribution is -0.117. The number of anilines is 1. The van der Waals surface area contributed by atoms with Crippen LogP contribution in [-0.2, 0) is 11.3 Å². The normalized spacial score (nSPS) is 10.8. The molecule has 1 aromatic carbocycles. The third-order valence-electron chi connectivity index (χ3n) is 3.68. The van der Waals surface area contributed by atoms with Crippen LogP contribution in [0.25, 0.3) is 16.9 Å². The van der Waals surface area contributed by atoms with E-state index in [1.807, 2.05) is 24.3 Å². The van der Waals surface area contributed by atoms with Crippen molar-refractivity contribution < 1.29 is 4.79 Å². The quantitative estimate of drug-likeness (QED) is 0.590. The number of fused-ring (bicyclic) bond motifs is 1. The number of aromatic nitrogens is 6. The van der Waals surface area contributed by atoms with E-state index in [4.69, 9.17) is 0 Å². The SMILES string of the molecule is O=C(Cn1ncccc1=O)Nc1cccc(-c2ccc3nncn3n2)c1. The first-order chi connectivity index (χ1) is 12.7. The van der Waals surface area contributed by atoms with Gasteiger partial charge in [0, 0.05) is 23.5 Å². The summed E-state index contributed by atoms with van der Waals surface area (Å²) in [7, 11) is 0. The average molecular weight is 347 g/mol. The molecule has 0 aliphatic carbocycles. The van der Waals surface area contributed by atoms with E-state index in [-0.39, 0.29) is 18.0 Å². The van der Waals surface area contributed by atoms with Crippen molar-refractivity contribution in [2.45, 2.75) is 6.54 Å². The van der Waals surface area contributed by atoms with E-state index in [1.165, 1.54) is 24.7 Å². The second-order valence-electron chi connectivity index (χ2n) is 5.50. The summed E-state index contributed by atoms with van der Waals surface area (Å²) in [5.41, 5.74) is 2.46. The van der Waals surface area contributed by atoms with Crippen LogP contribution in [0.3, 0.4) is 0 Å². The first-order valence-electron chi connectivity index (χ1n) is 7.78. The molecule has 0 fully saturated rings. The molecule has 3 aromatic heterocycles. The van der Waals surface area contributed by atoms with Crippen LogP contribution in [0.4, 0.5) is 5.69 Å². The molecule has 0 radical (unpaired) electrons. The van der Waals surface area contributed by atoms with Gasteiger partial charge in [-0.05, 0) is 30.3 Å². The van der Waals surface area contributed by atoms with Crippen molar-refractivity contribution in [2.24, 2.45) is 0 Å². The van der Waals surface area contributed by atoms with Gasteiger partial charge in [0.15, 0.2) is 5.65 Å². The Balaban J connectivity index is 1.54. The van der Waals surface area contributed by atoms with Gasteiger partial charge in [-0.1, -0.05) is 12.1 Å². The fraction of sp³-hybridized carbons (Fsp3) is 0.0588. The highest BCUT2D eigenvalue weighted by Gasteiger charge is 2.08. The number of carbonyl (C=O) groups is 1. The van der Waals surface area contributed by atoms with E-state index in [2.05, 4.69) is 25.7 Å². The van der Waals surface area contributed by atoms with Gasteiger partial charge in [0.2, 0.25) is 5.91 Å². The number of amides is 1. The summed E-state index contributed by atoms with van der Waals surface area (Å²) in [6.45, 7) is -0.158. The molecule has 0 atom stereocenters. The molecule has 0 aliphatic rings. The topological polar surface area (TPSA) is 107 Å². The van der Waals surface area contributed by atoms with Crippen molar-refractivity contribution in [2.75, 3.05) is 5.32 Å². The van der Waals surface area contributed by atoms with E-state index in [0.29, 0.717) is 17.0 Å². The lowest BCUT2D eigenvalue weighted by Crippen LogP contribution is -2.28. The number of nitrogens with one attached hydrogen (secondary N) is 1. The van der Waals surface area contributed by atoms with Gasteiger partial charge < -0.3 is 5.32 Å². The molecule has 26 heavy (non-hydrogen) atoms. The Bertz CT molecular complexity index is 1150. The number of benzene rings is 1. The number of hydrogen-bond donors (Lipinski definition) is 1. The maximum absolute atomic E-state index is 12.2. The molecule has 1 N–H and O–H groups in total. The van der Waals surface area contributed by atoms with Gasteiger partial charge in [-0.2, -0.15) is 14.7 Å². The third kappa shape index (κ3) is 3.18. The molecular formula is C17H13N7O2. The minimum atomic E-state index is -0.342. The fourth-order valence-electron chi connectivity index (χ4n) is 2.48. The number of hydrogen-bond acceptors (Lipinski definition) is 6. The zero-order valence-electron chi connectivity index (χ0n) is 13.5.